The van der Waals surface area contributed by atoms with Crippen LogP contribution in [0.4, 0.5) is 5.69 Å². The van der Waals surface area contributed by atoms with Gasteiger partial charge in [0.1, 0.15) is 0 Å². The molecule has 0 aliphatic heterocycles. The zero-order valence-electron chi connectivity index (χ0n) is 16.8. The third-order valence-electron chi connectivity index (χ3n) is 4.48. The van der Waals surface area contributed by atoms with Crippen molar-refractivity contribution >= 4 is 23.4 Å². The number of carbonyl (C=O) groups is 3. The number of carbonyl (C=O) groups excluding carboxylic acids is 3. The van der Waals surface area contributed by atoms with E-state index in [9.17, 15) is 14.4 Å². The topological polar surface area (TPSA) is 78.5 Å². The van der Waals surface area contributed by atoms with Crippen LogP contribution in [-0.4, -0.2) is 29.7 Å². The Balaban J connectivity index is 2.13. The van der Waals surface area contributed by atoms with Crippen LogP contribution in [0.2, 0.25) is 0 Å². The van der Waals surface area contributed by atoms with Crippen molar-refractivity contribution in [2.45, 2.75) is 39.8 Å². The van der Waals surface area contributed by atoms with Gasteiger partial charge >= 0.3 is 0 Å². The molecule has 0 saturated carbocycles. The number of hydrogen-bond acceptors (Lipinski definition) is 3. The van der Waals surface area contributed by atoms with Gasteiger partial charge in [-0.3, -0.25) is 14.4 Å². The first kappa shape index (κ1) is 21.2. The first-order chi connectivity index (χ1) is 13.3. The monoisotopic (exact) mass is 381 g/mol. The molecule has 0 saturated heterocycles. The fourth-order valence-electron chi connectivity index (χ4n) is 2.83. The summed E-state index contributed by atoms with van der Waals surface area (Å²) in [5.41, 5.74) is 3.49. The fourth-order valence-corrected chi connectivity index (χ4v) is 2.83. The van der Waals surface area contributed by atoms with Gasteiger partial charge in [0.05, 0.1) is 12.5 Å². The molecule has 148 valence electrons. The van der Waals surface area contributed by atoms with Crippen LogP contribution in [0.1, 0.15) is 43.0 Å². The second kappa shape index (κ2) is 9.69. The number of nitrogens with one attached hydrogen (secondary N) is 2. The van der Waals surface area contributed by atoms with Gasteiger partial charge in [0.15, 0.2) is 0 Å². The van der Waals surface area contributed by atoms with Gasteiger partial charge in [-0.15, -0.1) is 0 Å². The van der Waals surface area contributed by atoms with Crippen LogP contribution in [0.5, 0.6) is 0 Å². The summed E-state index contributed by atoms with van der Waals surface area (Å²) in [6, 6.07) is 14.7. The molecule has 0 bridgehead atoms. The summed E-state index contributed by atoms with van der Waals surface area (Å²) < 4.78 is 0. The summed E-state index contributed by atoms with van der Waals surface area (Å²) in [6.45, 7) is 5.32. The van der Waals surface area contributed by atoms with Crippen molar-refractivity contribution in [1.29, 1.82) is 0 Å². The van der Waals surface area contributed by atoms with Gasteiger partial charge in [0, 0.05) is 33.1 Å². The highest BCUT2D eigenvalue weighted by atomic mass is 16.2. The van der Waals surface area contributed by atoms with Crippen LogP contribution < -0.4 is 10.6 Å². The number of benzene rings is 2. The minimum atomic E-state index is -0.412. The van der Waals surface area contributed by atoms with E-state index in [1.54, 1.807) is 18.0 Å². The average Bonchev–Trinajstić information content (AvgIpc) is 2.63. The van der Waals surface area contributed by atoms with E-state index in [1.807, 2.05) is 49.4 Å². The Morgan fingerprint density at radius 2 is 1.64 bits per heavy atom. The van der Waals surface area contributed by atoms with Crippen molar-refractivity contribution in [2.75, 3.05) is 12.4 Å². The Bertz CT molecular complexity index is 846. The molecule has 2 aromatic rings. The average molecular weight is 381 g/mol. The minimum absolute atomic E-state index is 0.0498. The molecule has 2 N–H and O–H groups in total. The Morgan fingerprint density at radius 1 is 1.00 bits per heavy atom. The summed E-state index contributed by atoms with van der Waals surface area (Å²) in [7, 11) is 1.71. The molecular weight excluding hydrogens is 354 g/mol. The zero-order chi connectivity index (χ0) is 20.7. The molecule has 6 nitrogen and oxygen atoms in total. The molecule has 3 amide bonds. The molecule has 0 radical (unpaired) electrons. The highest BCUT2D eigenvalue weighted by molar-refractivity contribution is 5.92. The molecule has 0 aliphatic carbocycles. The highest BCUT2D eigenvalue weighted by Crippen LogP contribution is 2.21. The molecule has 2 aromatic carbocycles. The van der Waals surface area contributed by atoms with Gasteiger partial charge in [-0.1, -0.05) is 48.0 Å². The minimum Gasteiger partial charge on any atom is -0.349 e. The van der Waals surface area contributed by atoms with Crippen molar-refractivity contribution in [1.82, 2.24) is 10.2 Å². The summed E-state index contributed by atoms with van der Waals surface area (Å²) >= 11 is 0. The molecule has 0 heterocycles. The molecule has 28 heavy (non-hydrogen) atoms. The number of rotatable bonds is 7. The van der Waals surface area contributed by atoms with Gasteiger partial charge in [-0.2, -0.15) is 0 Å². The Kier molecular flexibility index (Phi) is 7.32. The van der Waals surface area contributed by atoms with Crippen molar-refractivity contribution in [3.63, 3.8) is 0 Å². The smallest absolute Gasteiger partial charge is 0.226 e. The van der Waals surface area contributed by atoms with E-state index in [1.165, 1.54) is 13.8 Å². The standard InChI is InChI=1S/C22H27N3O3/c1-15-9-11-18(12-10-15)21(23-16(2)26)13-22(28)24-20-8-6-5-7-19(20)14-25(4)17(3)27/h5-12,21H,13-14H2,1-4H3,(H,23,26)(H,24,28). The molecule has 2 rings (SSSR count). The lowest BCUT2D eigenvalue weighted by Gasteiger charge is -2.20. The largest absolute Gasteiger partial charge is 0.349 e. The number of hydrogen-bond donors (Lipinski definition) is 2. The van der Waals surface area contributed by atoms with Gasteiger partial charge in [0.25, 0.3) is 0 Å². The van der Waals surface area contributed by atoms with E-state index in [0.717, 1.165) is 16.7 Å². The summed E-state index contributed by atoms with van der Waals surface area (Å²) in [6.07, 6.45) is 0.111. The van der Waals surface area contributed by atoms with E-state index < -0.39 is 6.04 Å². The number of aryl methyl sites for hydroxylation is 1. The maximum atomic E-state index is 12.7. The SMILES string of the molecule is CC(=O)NC(CC(=O)Nc1ccccc1CN(C)C(C)=O)c1ccc(C)cc1. The second-order valence-electron chi connectivity index (χ2n) is 6.95. The van der Waals surface area contributed by atoms with Gasteiger partial charge in [-0.05, 0) is 24.1 Å². The van der Waals surface area contributed by atoms with E-state index in [2.05, 4.69) is 10.6 Å². The maximum Gasteiger partial charge on any atom is 0.226 e. The summed E-state index contributed by atoms with van der Waals surface area (Å²) in [5, 5.41) is 5.75. The van der Waals surface area contributed by atoms with Crippen LogP contribution in [0.3, 0.4) is 0 Å². The number of amides is 3. The van der Waals surface area contributed by atoms with Gasteiger partial charge < -0.3 is 15.5 Å². The quantitative estimate of drug-likeness (QED) is 0.773. The van der Waals surface area contributed by atoms with Gasteiger partial charge in [0.2, 0.25) is 17.7 Å². The molecule has 0 aliphatic rings. The van der Waals surface area contributed by atoms with E-state index in [0.29, 0.717) is 12.2 Å². The Labute approximate surface area is 165 Å². The third-order valence-corrected chi connectivity index (χ3v) is 4.48. The summed E-state index contributed by atoms with van der Waals surface area (Å²) in [5.74, 6) is -0.453. The van der Waals surface area contributed by atoms with E-state index >= 15 is 0 Å². The highest BCUT2D eigenvalue weighted by Gasteiger charge is 2.18. The van der Waals surface area contributed by atoms with Crippen LogP contribution in [-0.2, 0) is 20.9 Å². The Morgan fingerprint density at radius 3 is 2.25 bits per heavy atom. The molecule has 0 aromatic heterocycles. The molecule has 1 atom stereocenters. The molecule has 0 spiro atoms. The van der Waals surface area contributed by atoms with E-state index in [-0.39, 0.29) is 24.1 Å². The predicted octanol–water partition coefficient (Wildman–Crippen LogP) is 3.18. The number of anilines is 1. The van der Waals surface area contributed by atoms with E-state index in [4.69, 9.17) is 0 Å². The Hall–Kier alpha value is -3.15. The molecule has 0 fully saturated rings. The fraction of sp³-hybridized carbons (Fsp3) is 0.318. The van der Waals surface area contributed by atoms with Crippen LogP contribution in [0.15, 0.2) is 48.5 Å². The summed E-state index contributed by atoms with van der Waals surface area (Å²) in [4.78, 5) is 37.4. The lowest BCUT2D eigenvalue weighted by Crippen LogP contribution is -2.30. The normalized spacial score (nSPS) is 11.4. The predicted molar refractivity (Wildman–Crippen MR) is 110 cm³/mol. The third kappa shape index (κ3) is 6.23. The van der Waals surface area contributed by atoms with Crippen molar-refractivity contribution < 1.29 is 14.4 Å². The van der Waals surface area contributed by atoms with Crippen LogP contribution in [0.25, 0.3) is 0 Å². The van der Waals surface area contributed by atoms with Crippen LogP contribution in [0, 0.1) is 6.92 Å². The van der Waals surface area contributed by atoms with Gasteiger partial charge in [-0.25, -0.2) is 0 Å². The lowest BCUT2D eigenvalue weighted by atomic mass is 10.0. The van der Waals surface area contributed by atoms with Crippen molar-refractivity contribution in [2.24, 2.45) is 0 Å². The molecule has 6 heteroatoms. The van der Waals surface area contributed by atoms with Crippen molar-refractivity contribution in [3.8, 4) is 0 Å². The zero-order valence-corrected chi connectivity index (χ0v) is 16.8. The number of nitrogens with zero attached hydrogens (tertiary/aromatic N) is 1. The number of para-hydroxylation sites is 1. The molecule has 1 unspecified atom stereocenters. The lowest BCUT2D eigenvalue weighted by molar-refractivity contribution is -0.128. The van der Waals surface area contributed by atoms with Crippen molar-refractivity contribution in [3.05, 3.63) is 65.2 Å². The van der Waals surface area contributed by atoms with Crippen LogP contribution >= 0.6 is 0 Å². The second-order valence-corrected chi connectivity index (χ2v) is 6.95. The first-order valence-electron chi connectivity index (χ1n) is 9.19. The molecular formula is C22H27N3O3. The first-order valence-corrected chi connectivity index (χ1v) is 9.19. The maximum absolute atomic E-state index is 12.7.